The van der Waals surface area contributed by atoms with E-state index in [1.165, 1.54) is 60.7 Å². The van der Waals surface area contributed by atoms with Crippen molar-refractivity contribution in [2.45, 2.75) is 32.6 Å². The molecule has 2 unspecified atom stereocenters. The first-order chi connectivity index (χ1) is 16.1. The van der Waals surface area contributed by atoms with Crippen LogP contribution in [0.5, 0.6) is 0 Å². The predicted molar refractivity (Wildman–Crippen MR) is 139 cm³/mol. The molecule has 0 radical (unpaired) electrons. The van der Waals surface area contributed by atoms with Crippen LogP contribution in [0, 0.1) is 23.3 Å². The van der Waals surface area contributed by atoms with Gasteiger partial charge in [-0.15, -0.1) is 0 Å². The van der Waals surface area contributed by atoms with Crippen molar-refractivity contribution in [3.63, 3.8) is 0 Å². The van der Waals surface area contributed by atoms with Gasteiger partial charge in [-0.05, 0) is 86.5 Å². The molecule has 0 amide bonds. The van der Waals surface area contributed by atoms with Crippen LogP contribution in [0.3, 0.4) is 0 Å². The highest BCUT2D eigenvalue weighted by Crippen LogP contribution is 2.36. The topological polar surface area (TPSA) is 0 Å². The van der Waals surface area contributed by atoms with Crippen LogP contribution in [0.25, 0.3) is 11.6 Å². The van der Waals surface area contributed by atoms with E-state index < -0.39 is 0 Å². The molecular formula is C32H27Cl. The maximum Gasteiger partial charge on any atom is 0.0406 e. The van der Waals surface area contributed by atoms with Crippen LogP contribution < -0.4 is 10.4 Å². The first-order valence-electron chi connectivity index (χ1n) is 11.9. The van der Waals surface area contributed by atoms with Crippen molar-refractivity contribution < 1.29 is 0 Å². The molecule has 6 rings (SSSR count). The van der Waals surface area contributed by atoms with Gasteiger partial charge in [0.25, 0.3) is 0 Å². The highest BCUT2D eigenvalue weighted by molar-refractivity contribution is 6.30. The summed E-state index contributed by atoms with van der Waals surface area (Å²) in [7, 11) is 0. The Labute approximate surface area is 200 Å². The van der Waals surface area contributed by atoms with Crippen LogP contribution in [0.2, 0.25) is 5.02 Å². The fraction of sp³-hybridized carbons (Fsp3) is 0.188. The monoisotopic (exact) mass is 446 g/mol. The highest BCUT2D eigenvalue weighted by Gasteiger charge is 2.26. The molecule has 33 heavy (non-hydrogen) atoms. The molecule has 0 heterocycles. The van der Waals surface area contributed by atoms with Crippen molar-refractivity contribution in [2.24, 2.45) is 5.92 Å². The van der Waals surface area contributed by atoms with Gasteiger partial charge in [0.05, 0.1) is 0 Å². The molecule has 1 heteroatoms. The minimum Gasteiger partial charge on any atom is -0.0843 e. The summed E-state index contributed by atoms with van der Waals surface area (Å²) in [4.78, 5) is 0. The van der Waals surface area contributed by atoms with Gasteiger partial charge < -0.3 is 0 Å². The molecule has 0 nitrogen and oxygen atoms in total. The lowest BCUT2D eigenvalue weighted by Crippen LogP contribution is -2.28. The molecule has 0 saturated carbocycles. The van der Waals surface area contributed by atoms with Crippen LogP contribution in [0.15, 0.2) is 84.9 Å². The number of hydrogen-bond donors (Lipinski definition) is 0. The molecule has 162 valence electrons. The third-order valence-corrected chi connectivity index (χ3v) is 7.72. The summed E-state index contributed by atoms with van der Waals surface area (Å²) in [5.41, 5.74) is 8.46. The number of aryl methyl sites for hydroxylation is 1. The molecule has 0 spiro atoms. The first kappa shape index (κ1) is 20.5. The number of fused-ring (bicyclic) bond motifs is 4. The Bertz CT molecular complexity index is 1570. The molecule has 2 aliphatic carbocycles. The Morgan fingerprint density at radius 2 is 1.48 bits per heavy atom. The molecular weight excluding hydrogens is 420 g/mol. The van der Waals surface area contributed by atoms with Gasteiger partial charge in [0.1, 0.15) is 0 Å². The van der Waals surface area contributed by atoms with Crippen molar-refractivity contribution in [1.82, 2.24) is 0 Å². The second kappa shape index (κ2) is 8.04. The molecule has 0 bridgehead atoms. The minimum absolute atomic E-state index is 0.231. The zero-order valence-corrected chi connectivity index (χ0v) is 19.9. The van der Waals surface area contributed by atoms with Crippen molar-refractivity contribution in [1.29, 1.82) is 0 Å². The van der Waals surface area contributed by atoms with E-state index in [9.17, 15) is 0 Å². The summed E-state index contributed by atoms with van der Waals surface area (Å²) in [5.74, 6) is 0.780. The van der Waals surface area contributed by atoms with Gasteiger partial charge in [-0.3, -0.25) is 0 Å². The van der Waals surface area contributed by atoms with Crippen molar-refractivity contribution >= 4 is 23.3 Å². The largest absolute Gasteiger partial charge is 0.0843 e. The fourth-order valence-corrected chi connectivity index (χ4v) is 5.93. The molecule has 2 aliphatic rings. The molecule has 0 aliphatic heterocycles. The van der Waals surface area contributed by atoms with Crippen LogP contribution >= 0.6 is 11.6 Å². The Balaban J connectivity index is 1.73. The van der Waals surface area contributed by atoms with Gasteiger partial charge in [-0.1, -0.05) is 103 Å². The zero-order valence-electron chi connectivity index (χ0n) is 19.1. The Morgan fingerprint density at radius 1 is 0.758 bits per heavy atom. The SMILES string of the molecule is Cc1ccc(C2=c3ccc4c(c3CCC2C)C(c2ccc(Cl)cc2)C=c2ccccc2=4)cc1. The van der Waals surface area contributed by atoms with Crippen LogP contribution in [-0.2, 0) is 6.42 Å². The van der Waals surface area contributed by atoms with Crippen molar-refractivity contribution in [3.05, 3.63) is 139 Å². The van der Waals surface area contributed by atoms with E-state index in [2.05, 4.69) is 92.7 Å². The fourth-order valence-electron chi connectivity index (χ4n) is 5.80. The summed E-state index contributed by atoms with van der Waals surface area (Å²) in [6.07, 6.45) is 4.75. The average Bonchev–Trinajstić information content (AvgIpc) is 2.84. The Hall–Kier alpha value is -3.09. The molecule has 2 atom stereocenters. The maximum absolute atomic E-state index is 6.25. The van der Waals surface area contributed by atoms with E-state index in [-0.39, 0.29) is 5.92 Å². The standard InChI is InChI=1S/C32H27Cl/c1-20-7-10-23(11-8-20)31-21(2)9-16-29-28(31)18-17-27-26-6-4-3-5-24(26)19-30(32(27)29)22-12-14-25(33)15-13-22/h3-8,10-15,17-19,21,30H,9,16H2,1-2H3. The lowest BCUT2D eigenvalue weighted by atomic mass is 9.75. The van der Waals surface area contributed by atoms with Gasteiger partial charge >= 0.3 is 0 Å². The van der Waals surface area contributed by atoms with Crippen LogP contribution in [-0.4, -0.2) is 0 Å². The average molecular weight is 447 g/mol. The van der Waals surface area contributed by atoms with Crippen LogP contribution in [0.4, 0.5) is 0 Å². The third kappa shape index (κ3) is 3.45. The lowest BCUT2D eigenvalue weighted by molar-refractivity contribution is 0.637. The number of hydrogen-bond acceptors (Lipinski definition) is 0. The second-order valence-electron chi connectivity index (χ2n) is 9.56. The molecule has 0 N–H and O–H groups in total. The van der Waals surface area contributed by atoms with Gasteiger partial charge in [0, 0.05) is 10.9 Å². The van der Waals surface area contributed by atoms with Crippen molar-refractivity contribution in [2.75, 3.05) is 0 Å². The van der Waals surface area contributed by atoms with E-state index in [0.717, 1.165) is 11.4 Å². The highest BCUT2D eigenvalue weighted by atomic mass is 35.5. The quantitative estimate of drug-likeness (QED) is 0.323. The van der Waals surface area contributed by atoms with Gasteiger partial charge in [0.2, 0.25) is 0 Å². The Kier molecular flexibility index (Phi) is 5.00. The van der Waals surface area contributed by atoms with Gasteiger partial charge in [-0.25, -0.2) is 0 Å². The second-order valence-corrected chi connectivity index (χ2v) is 9.99. The molecule has 0 fully saturated rings. The molecule has 4 aromatic rings. The Morgan fingerprint density at radius 3 is 2.27 bits per heavy atom. The molecule has 0 aromatic heterocycles. The third-order valence-electron chi connectivity index (χ3n) is 7.47. The number of benzene rings is 4. The molecule has 0 saturated heterocycles. The van der Waals surface area contributed by atoms with Crippen molar-refractivity contribution in [3.8, 4) is 0 Å². The predicted octanol–water partition coefficient (Wildman–Crippen LogP) is 6.64. The number of halogens is 1. The summed E-state index contributed by atoms with van der Waals surface area (Å²) in [6.45, 7) is 4.54. The summed E-state index contributed by atoms with van der Waals surface area (Å²) >= 11 is 6.25. The maximum atomic E-state index is 6.25. The lowest BCUT2D eigenvalue weighted by Gasteiger charge is -2.29. The van der Waals surface area contributed by atoms with E-state index in [4.69, 9.17) is 11.6 Å². The van der Waals surface area contributed by atoms with E-state index in [1.807, 2.05) is 12.1 Å². The normalized spacial score (nSPS) is 18.7. The number of rotatable bonds is 2. The smallest absolute Gasteiger partial charge is 0.0406 e. The van der Waals surface area contributed by atoms with E-state index in [1.54, 1.807) is 0 Å². The summed E-state index contributed by atoms with van der Waals surface area (Å²) < 4.78 is 0. The van der Waals surface area contributed by atoms with Gasteiger partial charge in [0.15, 0.2) is 0 Å². The van der Waals surface area contributed by atoms with E-state index >= 15 is 0 Å². The summed E-state index contributed by atoms with van der Waals surface area (Å²) in [5, 5.41) is 6.26. The molecule has 4 aromatic carbocycles. The minimum atomic E-state index is 0.231. The van der Waals surface area contributed by atoms with Crippen LogP contribution in [0.1, 0.15) is 47.1 Å². The summed E-state index contributed by atoms with van der Waals surface area (Å²) in [6, 6.07) is 31.1. The van der Waals surface area contributed by atoms with E-state index in [0.29, 0.717) is 5.92 Å². The first-order valence-corrected chi connectivity index (χ1v) is 12.3. The van der Waals surface area contributed by atoms with Gasteiger partial charge in [-0.2, -0.15) is 0 Å². The zero-order chi connectivity index (χ0) is 22.5.